The predicted octanol–water partition coefficient (Wildman–Crippen LogP) is 3.96. The summed E-state index contributed by atoms with van der Waals surface area (Å²) in [7, 11) is 3.02. The van der Waals surface area contributed by atoms with Crippen molar-refractivity contribution >= 4 is 56.7 Å². The van der Waals surface area contributed by atoms with Crippen LogP contribution in [0, 0.1) is 12.8 Å². The number of nitrogens with one attached hydrogen (secondary N) is 1. The van der Waals surface area contributed by atoms with Gasteiger partial charge in [-0.1, -0.05) is 11.6 Å². The third-order valence-corrected chi connectivity index (χ3v) is 6.22. The number of hydrogen-bond donors (Lipinski definition) is 1. The Hall–Kier alpha value is -2.78. The standard InChI is InChI=1S/C22H22BrClN2O6/c1-12-6-15(23)16(24)9-17(12)25-20(27)11-32-22(29)13-7-21(28)26(10-13)18-5-4-14(30-2)8-19(18)31-3/h4-6,8-9,13H,7,10-11H2,1-3H3,(H,25,27)/t13-/m0/s1. The molecule has 0 unspecified atom stereocenters. The van der Waals surface area contributed by atoms with Crippen molar-refractivity contribution in [2.24, 2.45) is 5.92 Å². The molecule has 1 aliphatic heterocycles. The summed E-state index contributed by atoms with van der Waals surface area (Å²) in [6.45, 7) is 1.47. The van der Waals surface area contributed by atoms with E-state index in [9.17, 15) is 14.4 Å². The fourth-order valence-electron chi connectivity index (χ4n) is 3.33. The van der Waals surface area contributed by atoms with Crippen LogP contribution < -0.4 is 19.7 Å². The van der Waals surface area contributed by atoms with Crippen LogP contribution in [0.25, 0.3) is 0 Å². The van der Waals surface area contributed by atoms with Crippen molar-refractivity contribution in [3.8, 4) is 11.5 Å². The van der Waals surface area contributed by atoms with Crippen LogP contribution in [0.15, 0.2) is 34.8 Å². The molecule has 10 heteroatoms. The number of carbonyl (C=O) groups excluding carboxylic acids is 3. The zero-order chi connectivity index (χ0) is 23.4. The molecular weight excluding hydrogens is 504 g/mol. The minimum atomic E-state index is -0.689. The summed E-state index contributed by atoms with van der Waals surface area (Å²) in [5, 5.41) is 3.11. The highest BCUT2D eigenvalue weighted by Crippen LogP contribution is 2.36. The maximum absolute atomic E-state index is 12.5. The lowest BCUT2D eigenvalue weighted by Gasteiger charge is -2.20. The number of ether oxygens (including phenoxy) is 3. The number of carbonyl (C=O) groups is 3. The van der Waals surface area contributed by atoms with Crippen LogP contribution >= 0.6 is 27.5 Å². The third-order valence-electron chi connectivity index (χ3n) is 5.02. The molecule has 0 saturated carbocycles. The number of esters is 1. The topological polar surface area (TPSA) is 94.2 Å². The molecule has 1 aliphatic rings. The Morgan fingerprint density at radius 3 is 2.66 bits per heavy atom. The molecule has 1 saturated heterocycles. The molecule has 8 nitrogen and oxygen atoms in total. The monoisotopic (exact) mass is 524 g/mol. The van der Waals surface area contributed by atoms with E-state index in [4.69, 9.17) is 25.8 Å². The lowest BCUT2D eigenvalue weighted by molar-refractivity contribution is -0.151. The summed E-state index contributed by atoms with van der Waals surface area (Å²) in [5.74, 6) is -1.01. The van der Waals surface area contributed by atoms with Crippen molar-refractivity contribution in [2.45, 2.75) is 13.3 Å². The second-order valence-electron chi connectivity index (χ2n) is 7.18. The second-order valence-corrected chi connectivity index (χ2v) is 8.44. The molecule has 1 fully saturated rings. The Morgan fingerprint density at radius 1 is 1.22 bits per heavy atom. The number of benzene rings is 2. The fraction of sp³-hybridized carbons (Fsp3) is 0.318. The predicted molar refractivity (Wildman–Crippen MR) is 123 cm³/mol. The normalized spacial score (nSPS) is 15.5. The molecule has 1 heterocycles. The number of nitrogens with zero attached hydrogens (tertiary/aromatic N) is 1. The van der Waals surface area contributed by atoms with Crippen LogP contribution in [0.4, 0.5) is 11.4 Å². The van der Waals surface area contributed by atoms with E-state index in [1.807, 2.05) is 6.92 Å². The minimum Gasteiger partial charge on any atom is -0.497 e. The highest BCUT2D eigenvalue weighted by molar-refractivity contribution is 9.10. The van der Waals surface area contributed by atoms with Gasteiger partial charge < -0.3 is 24.4 Å². The van der Waals surface area contributed by atoms with Gasteiger partial charge in [0, 0.05) is 29.2 Å². The van der Waals surface area contributed by atoms with E-state index < -0.39 is 24.4 Å². The largest absolute Gasteiger partial charge is 0.497 e. The smallest absolute Gasteiger partial charge is 0.311 e. The number of methoxy groups -OCH3 is 2. The van der Waals surface area contributed by atoms with Crippen LogP contribution in [0.3, 0.4) is 0 Å². The zero-order valence-electron chi connectivity index (χ0n) is 17.7. The van der Waals surface area contributed by atoms with E-state index in [0.717, 1.165) is 5.56 Å². The van der Waals surface area contributed by atoms with Gasteiger partial charge in [-0.25, -0.2) is 0 Å². The summed E-state index contributed by atoms with van der Waals surface area (Å²) in [6, 6.07) is 8.45. The number of anilines is 2. The molecule has 2 amide bonds. The molecule has 2 aromatic carbocycles. The number of rotatable bonds is 7. The van der Waals surface area contributed by atoms with Crippen LogP contribution in [0.1, 0.15) is 12.0 Å². The third kappa shape index (κ3) is 5.34. The molecule has 2 aromatic rings. The molecule has 0 radical (unpaired) electrons. The Bertz CT molecular complexity index is 1060. The van der Waals surface area contributed by atoms with Crippen molar-refractivity contribution in [1.29, 1.82) is 0 Å². The highest BCUT2D eigenvalue weighted by Gasteiger charge is 2.37. The van der Waals surface area contributed by atoms with Crippen LogP contribution in [0.2, 0.25) is 5.02 Å². The van der Waals surface area contributed by atoms with E-state index in [0.29, 0.717) is 32.4 Å². The molecule has 170 valence electrons. The van der Waals surface area contributed by atoms with Crippen LogP contribution in [0.5, 0.6) is 11.5 Å². The Labute approximate surface area is 198 Å². The maximum atomic E-state index is 12.5. The van der Waals surface area contributed by atoms with E-state index in [1.54, 1.807) is 30.3 Å². The van der Waals surface area contributed by atoms with Gasteiger partial charge in [0.1, 0.15) is 11.5 Å². The number of halogens is 2. The molecular formula is C22H22BrClN2O6. The van der Waals surface area contributed by atoms with E-state index in [-0.39, 0.29) is 18.9 Å². The van der Waals surface area contributed by atoms with Crippen molar-refractivity contribution in [3.63, 3.8) is 0 Å². The van der Waals surface area contributed by atoms with Gasteiger partial charge in [-0.15, -0.1) is 0 Å². The summed E-state index contributed by atoms with van der Waals surface area (Å²) >= 11 is 9.38. The van der Waals surface area contributed by atoms with Crippen LogP contribution in [-0.4, -0.2) is 45.2 Å². The van der Waals surface area contributed by atoms with Gasteiger partial charge in [0.05, 0.1) is 30.8 Å². The van der Waals surface area contributed by atoms with E-state index in [2.05, 4.69) is 21.2 Å². The van der Waals surface area contributed by atoms with Gasteiger partial charge >= 0.3 is 5.97 Å². The summed E-state index contributed by atoms with van der Waals surface area (Å²) in [4.78, 5) is 38.7. The first kappa shape index (κ1) is 23.9. The molecule has 0 spiro atoms. The summed E-state index contributed by atoms with van der Waals surface area (Å²) < 4.78 is 16.4. The Morgan fingerprint density at radius 2 is 1.97 bits per heavy atom. The lowest BCUT2D eigenvalue weighted by atomic mass is 10.1. The van der Waals surface area contributed by atoms with Gasteiger partial charge in [-0.3, -0.25) is 14.4 Å². The van der Waals surface area contributed by atoms with Crippen LogP contribution in [-0.2, 0) is 19.1 Å². The Kier molecular flexibility index (Phi) is 7.63. The minimum absolute atomic E-state index is 0.0168. The molecule has 3 rings (SSSR count). The number of hydrogen-bond acceptors (Lipinski definition) is 6. The molecule has 0 aromatic heterocycles. The van der Waals surface area contributed by atoms with Crippen molar-refractivity contribution in [3.05, 3.63) is 45.4 Å². The average Bonchev–Trinajstić information content (AvgIpc) is 3.16. The van der Waals surface area contributed by atoms with Gasteiger partial charge in [0.25, 0.3) is 5.91 Å². The highest BCUT2D eigenvalue weighted by atomic mass is 79.9. The van der Waals surface area contributed by atoms with Crippen molar-refractivity contribution in [2.75, 3.05) is 37.6 Å². The SMILES string of the molecule is COc1ccc(N2C[C@@H](C(=O)OCC(=O)Nc3cc(Cl)c(Br)cc3C)CC2=O)c(OC)c1. The van der Waals surface area contributed by atoms with Gasteiger partial charge in [-0.05, 0) is 52.7 Å². The van der Waals surface area contributed by atoms with Gasteiger partial charge in [0.2, 0.25) is 5.91 Å². The summed E-state index contributed by atoms with van der Waals surface area (Å²) in [6.07, 6.45) is -0.0168. The molecule has 0 bridgehead atoms. The quantitative estimate of drug-likeness (QED) is 0.550. The van der Waals surface area contributed by atoms with Crippen molar-refractivity contribution < 1.29 is 28.6 Å². The first-order valence-corrected chi connectivity index (χ1v) is 10.8. The number of amides is 2. The van der Waals surface area contributed by atoms with E-state index in [1.165, 1.54) is 19.1 Å². The molecule has 32 heavy (non-hydrogen) atoms. The molecule has 1 atom stereocenters. The Balaban J connectivity index is 1.59. The first-order chi connectivity index (χ1) is 15.2. The lowest BCUT2D eigenvalue weighted by Crippen LogP contribution is -2.28. The maximum Gasteiger partial charge on any atom is 0.311 e. The fourth-order valence-corrected chi connectivity index (χ4v) is 3.95. The van der Waals surface area contributed by atoms with E-state index >= 15 is 0 Å². The molecule has 0 aliphatic carbocycles. The van der Waals surface area contributed by atoms with Gasteiger partial charge in [0.15, 0.2) is 6.61 Å². The van der Waals surface area contributed by atoms with Gasteiger partial charge in [-0.2, -0.15) is 0 Å². The average molecular weight is 526 g/mol. The zero-order valence-corrected chi connectivity index (χ0v) is 20.1. The molecule has 1 N–H and O–H groups in total. The first-order valence-electron chi connectivity index (χ1n) is 9.68. The second kappa shape index (κ2) is 10.2. The van der Waals surface area contributed by atoms with Crippen molar-refractivity contribution in [1.82, 2.24) is 0 Å². The number of aryl methyl sites for hydroxylation is 1. The summed E-state index contributed by atoms with van der Waals surface area (Å²) in [5.41, 5.74) is 1.86.